The van der Waals surface area contributed by atoms with Crippen molar-refractivity contribution in [3.63, 3.8) is 0 Å². The standard InChI is InChI=1S/C26H26Cl3N3O3/c1-5-8-31-22-12-20(28)15(9-17(22)14(2)13-26(31,3)4)10-18-23(33)30-25(35)32(24(18)34)16-6-7-19(27)21(29)11-16/h6-7,9-12,14H,5,8,13H2,1-4H3,(H,30,33,35)/b18-10-. The van der Waals surface area contributed by atoms with Crippen molar-refractivity contribution in [3.05, 3.63) is 62.1 Å². The maximum absolute atomic E-state index is 13.3. The van der Waals surface area contributed by atoms with Gasteiger partial charge >= 0.3 is 6.03 Å². The molecule has 0 bridgehead atoms. The van der Waals surface area contributed by atoms with Gasteiger partial charge in [0.1, 0.15) is 5.57 Å². The van der Waals surface area contributed by atoms with Crippen molar-refractivity contribution in [1.82, 2.24) is 5.32 Å². The maximum atomic E-state index is 13.3. The van der Waals surface area contributed by atoms with Gasteiger partial charge in [-0.15, -0.1) is 0 Å². The summed E-state index contributed by atoms with van der Waals surface area (Å²) >= 11 is 18.7. The number of halogens is 3. The van der Waals surface area contributed by atoms with E-state index in [2.05, 4.69) is 37.9 Å². The Labute approximate surface area is 219 Å². The highest BCUT2D eigenvalue weighted by atomic mass is 35.5. The molecule has 4 amide bonds. The molecule has 9 heteroatoms. The summed E-state index contributed by atoms with van der Waals surface area (Å²) in [7, 11) is 0. The monoisotopic (exact) mass is 533 g/mol. The summed E-state index contributed by atoms with van der Waals surface area (Å²) < 4.78 is 0. The molecule has 2 heterocycles. The molecule has 0 radical (unpaired) electrons. The van der Waals surface area contributed by atoms with E-state index in [0.29, 0.717) is 10.6 Å². The number of fused-ring (bicyclic) bond motifs is 1. The second kappa shape index (κ2) is 9.49. The minimum absolute atomic E-state index is 0.0221. The molecular formula is C26H26Cl3N3O3. The lowest BCUT2D eigenvalue weighted by Crippen LogP contribution is -2.54. The zero-order chi connectivity index (χ0) is 25.7. The van der Waals surface area contributed by atoms with E-state index in [4.69, 9.17) is 34.8 Å². The van der Waals surface area contributed by atoms with Crippen LogP contribution in [-0.2, 0) is 9.59 Å². The van der Waals surface area contributed by atoms with Crippen LogP contribution in [-0.4, -0.2) is 29.9 Å². The van der Waals surface area contributed by atoms with Gasteiger partial charge in [-0.05, 0) is 80.1 Å². The molecule has 1 saturated heterocycles. The van der Waals surface area contributed by atoms with Crippen molar-refractivity contribution in [2.75, 3.05) is 16.3 Å². The van der Waals surface area contributed by atoms with Gasteiger partial charge in [0.25, 0.3) is 11.8 Å². The lowest BCUT2D eigenvalue weighted by molar-refractivity contribution is -0.122. The summed E-state index contributed by atoms with van der Waals surface area (Å²) in [6, 6.07) is 7.34. The van der Waals surface area contributed by atoms with Gasteiger partial charge in [0.15, 0.2) is 0 Å². The third kappa shape index (κ3) is 4.67. The first kappa shape index (κ1) is 25.5. The fourth-order valence-corrected chi connectivity index (χ4v) is 5.45. The Kier molecular flexibility index (Phi) is 6.93. The molecule has 2 aromatic rings. The number of barbiturate groups is 1. The molecule has 0 saturated carbocycles. The number of hydrogen-bond donors (Lipinski definition) is 1. The summed E-state index contributed by atoms with van der Waals surface area (Å²) in [6.07, 6.45) is 3.39. The van der Waals surface area contributed by atoms with Gasteiger partial charge in [0.05, 0.1) is 15.7 Å². The van der Waals surface area contributed by atoms with E-state index in [1.54, 1.807) is 0 Å². The topological polar surface area (TPSA) is 69.7 Å². The first-order valence-corrected chi connectivity index (χ1v) is 12.6. The minimum atomic E-state index is -0.863. The summed E-state index contributed by atoms with van der Waals surface area (Å²) in [5.41, 5.74) is 2.68. The fraction of sp³-hybridized carbons (Fsp3) is 0.346. The molecule has 6 nitrogen and oxygen atoms in total. The number of carbonyl (C=O) groups excluding carboxylic acids is 3. The number of nitrogens with one attached hydrogen (secondary N) is 1. The van der Waals surface area contributed by atoms with E-state index < -0.39 is 17.8 Å². The Morgan fingerprint density at radius 3 is 2.43 bits per heavy atom. The van der Waals surface area contributed by atoms with Gasteiger partial charge in [0, 0.05) is 22.8 Å². The van der Waals surface area contributed by atoms with Crippen molar-refractivity contribution < 1.29 is 14.4 Å². The number of hydrogen-bond acceptors (Lipinski definition) is 4. The van der Waals surface area contributed by atoms with Crippen LogP contribution in [0.1, 0.15) is 57.6 Å². The molecule has 35 heavy (non-hydrogen) atoms. The van der Waals surface area contributed by atoms with Crippen molar-refractivity contribution >= 4 is 70.1 Å². The number of rotatable bonds is 4. The van der Waals surface area contributed by atoms with Crippen LogP contribution in [0.5, 0.6) is 0 Å². The lowest BCUT2D eigenvalue weighted by atomic mass is 9.79. The summed E-state index contributed by atoms with van der Waals surface area (Å²) in [6.45, 7) is 9.66. The average molecular weight is 535 g/mol. The lowest BCUT2D eigenvalue weighted by Gasteiger charge is -2.47. The first-order valence-electron chi connectivity index (χ1n) is 11.4. The molecule has 1 atom stereocenters. The predicted molar refractivity (Wildman–Crippen MR) is 142 cm³/mol. The molecule has 4 rings (SSSR count). The normalized spacial score (nSPS) is 20.8. The molecule has 2 aliphatic heterocycles. The van der Waals surface area contributed by atoms with E-state index in [9.17, 15) is 14.4 Å². The quantitative estimate of drug-likeness (QED) is 0.345. The molecule has 2 aliphatic rings. The van der Waals surface area contributed by atoms with Gasteiger partial charge in [0.2, 0.25) is 0 Å². The highest BCUT2D eigenvalue weighted by Gasteiger charge is 2.39. The number of urea groups is 1. The van der Waals surface area contributed by atoms with Gasteiger partial charge in [-0.2, -0.15) is 0 Å². The number of anilines is 2. The van der Waals surface area contributed by atoms with Crippen molar-refractivity contribution in [2.24, 2.45) is 0 Å². The molecule has 0 spiro atoms. The largest absolute Gasteiger partial charge is 0.366 e. The molecule has 1 N–H and O–H groups in total. The predicted octanol–water partition coefficient (Wildman–Crippen LogP) is 6.82. The second-order valence-corrected chi connectivity index (χ2v) is 10.8. The molecule has 1 fully saturated rings. The van der Waals surface area contributed by atoms with E-state index in [-0.39, 0.29) is 32.8 Å². The number of amides is 4. The zero-order valence-corrected chi connectivity index (χ0v) is 22.2. The zero-order valence-electron chi connectivity index (χ0n) is 19.9. The van der Waals surface area contributed by atoms with Crippen molar-refractivity contribution in [3.8, 4) is 0 Å². The summed E-state index contributed by atoms with van der Waals surface area (Å²) in [4.78, 5) is 41.7. The Bertz CT molecular complexity index is 1270. The van der Waals surface area contributed by atoms with Gasteiger partial charge in [-0.25, -0.2) is 9.69 Å². The maximum Gasteiger partial charge on any atom is 0.335 e. The number of nitrogens with zero attached hydrogens (tertiary/aromatic N) is 2. The highest BCUT2D eigenvalue weighted by molar-refractivity contribution is 6.43. The molecule has 1 unspecified atom stereocenters. The number of imide groups is 2. The van der Waals surface area contributed by atoms with Gasteiger partial charge < -0.3 is 4.90 Å². The number of carbonyl (C=O) groups is 3. The minimum Gasteiger partial charge on any atom is -0.366 e. The van der Waals surface area contributed by atoms with Crippen LogP contribution in [0.4, 0.5) is 16.2 Å². The summed E-state index contributed by atoms with van der Waals surface area (Å²) in [5.74, 6) is -1.30. The third-order valence-electron chi connectivity index (χ3n) is 6.51. The van der Waals surface area contributed by atoms with E-state index >= 15 is 0 Å². The fourth-order valence-electron chi connectivity index (χ4n) is 4.95. The Balaban J connectivity index is 1.77. The van der Waals surface area contributed by atoms with Crippen LogP contribution >= 0.6 is 34.8 Å². The first-order chi connectivity index (χ1) is 16.4. The van der Waals surface area contributed by atoms with Crippen LogP contribution < -0.4 is 15.1 Å². The van der Waals surface area contributed by atoms with Crippen LogP contribution in [0.2, 0.25) is 15.1 Å². The Hall–Kier alpha value is -2.54. The van der Waals surface area contributed by atoms with E-state index in [0.717, 1.165) is 35.5 Å². The molecule has 184 valence electrons. The smallest absolute Gasteiger partial charge is 0.335 e. The highest BCUT2D eigenvalue weighted by Crippen LogP contribution is 2.45. The van der Waals surface area contributed by atoms with Crippen molar-refractivity contribution in [2.45, 2.75) is 52.0 Å². The SMILES string of the molecule is CCCN1c2cc(Cl)c(/C=C3/C(=O)NC(=O)N(c4ccc(Cl)c(Cl)c4)C3=O)cc2C(C)CC1(C)C. The molecule has 0 aromatic heterocycles. The van der Waals surface area contributed by atoms with E-state index in [1.807, 2.05) is 12.1 Å². The second-order valence-electron chi connectivity index (χ2n) is 9.56. The molecular weight excluding hydrogens is 509 g/mol. The van der Waals surface area contributed by atoms with Crippen LogP contribution in [0.3, 0.4) is 0 Å². The van der Waals surface area contributed by atoms with Crippen LogP contribution in [0, 0.1) is 0 Å². The van der Waals surface area contributed by atoms with E-state index in [1.165, 1.54) is 24.3 Å². The van der Waals surface area contributed by atoms with Crippen LogP contribution in [0.25, 0.3) is 6.08 Å². The van der Waals surface area contributed by atoms with Gasteiger partial charge in [-0.3, -0.25) is 14.9 Å². The van der Waals surface area contributed by atoms with Gasteiger partial charge in [-0.1, -0.05) is 48.7 Å². The number of benzene rings is 2. The Morgan fingerprint density at radius 2 is 1.77 bits per heavy atom. The Morgan fingerprint density at radius 1 is 1.06 bits per heavy atom. The average Bonchev–Trinajstić information content (AvgIpc) is 2.76. The molecule has 2 aromatic carbocycles. The summed E-state index contributed by atoms with van der Waals surface area (Å²) in [5, 5.41) is 3.10. The third-order valence-corrected chi connectivity index (χ3v) is 7.58. The van der Waals surface area contributed by atoms with Crippen molar-refractivity contribution in [1.29, 1.82) is 0 Å². The van der Waals surface area contributed by atoms with Crippen LogP contribution in [0.15, 0.2) is 35.9 Å². The molecule has 0 aliphatic carbocycles.